The maximum Gasteiger partial charge on any atom is 0.0517 e. The Morgan fingerprint density at radius 3 is 2.56 bits per heavy atom. The Balaban J connectivity index is 2.78. The highest BCUT2D eigenvalue weighted by Gasteiger charge is 2.13. The van der Waals surface area contributed by atoms with Crippen molar-refractivity contribution in [3.8, 4) is 0 Å². The number of nitrogens with two attached hydrogens (primary N) is 1. The van der Waals surface area contributed by atoms with Gasteiger partial charge in [0.1, 0.15) is 0 Å². The Morgan fingerprint density at radius 1 is 1.56 bits per heavy atom. The van der Waals surface area contributed by atoms with Gasteiger partial charge in [-0.2, -0.15) is 0 Å². The predicted octanol–water partition coefficient (Wildman–Crippen LogP) is 0.725. The van der Waals surface area contributed by atoms with Crippen LogP contribution in [0.1, 0.15) is 13.8 Å². The normalized spacial score (nSPS) is 22.7. The first-order valence-corrected chi connectivity index (χ1v) is 3.03. The largest absolute Gasteiger partial charge is 0.399 e. The topological polar surface area (TPSA) is 38.0 Å². The van der Waals surface area contributed by atoms with E-state index < -0.39 is 0 Å². The second-order valence-corrected chi connectivity index (χ2v) is 2.84. The summed E-state index contributed by atoms with van der Waals surface area (Å²) in [5.74, 6) is 0. The second kappa shape index (κ2) is 1.79. The van der Waals surface area contributed by atoms with E-state index in [-0.39, 0.29) is 5.54 Å². The third-order valence-electron chi connectivity index (χ3n) is 1.26. The predicted molar refractivity (Wildman–Crippen MR) is 38.6 cm³/mol. The molecule has 0 aliphatic carbocycles. The van der Waals surface area contributed by atoms with E-state index in [0.29, 0.717) is 0 Å². The number of dihydropyridines is 1. The molecule has 0 amide bonds. The van der Waals surface area contributed by atoms with Crippen molar-refractivity contribution in [2.24, 2.45) is 5.73 Å². The quantitative estimate of drug-likeness (QED) is 0.499. The molecule has 9 heavy (non-hydrogen) atoms. The van der Waals surface area contributed by atoms with Crippen molar-refractivity contribution in [3.63, 3.8) is 0 Å². The van der Waals surface area contributed by atoms with Gasteiger partial charge in [0.05, 0.1) is 5.54 Å². The molecule has 0 saturated carbocycles. The molecule has 0 aromatic carbocycles. The molecule has 1 rings (SSSR count). The van der Waals surface area contributed by atoms with E-state index in [4.69, 9.17) is 5.73 Å². The van der Waals surface area contributed by atoms with Gasteiger partial charge in [-0.15, -0.1) is 0 Å². The number of hydrogen-bond acceptors (Lipinski definition) is 2. The van der Waals surface area contributed by atoms with Crippen LogP contribution in [0, 0.1) is 0 Å². The number of nitrogens with one attached hydrogen (secondary N) is 1. The minimum atomic E-state index is 0.0266. The summed E-state index contributed by atoms with van der Waals surface area (Å²) in [5.41, 5.74) is 6.40. The van der Waals surface area contributed by atoms with Crippen LogP contribution in [0.25, 0.3) is 0 Å². The highest BCUT2D eigenvalue weighted by Crippen LogP contribution is 2.09. The minimum absolute atomic E-state index is 0.0266. The van der Waals surface area contributed by atoms with Crippen LogP contribution in [0.2, 0.25) is 0 Å². The first kappa shape index (κ1) is 6.20. The smallest absolute Gasteiger partial charge is 0.0517 e. The van der Waals surface area contributed by atoms with Crippen molar-refractivity contribution in [1.29, 1.82) is 0 Å². The SMILES string of the molecule is CC1(C)C=C(N)C=CN1. The highest BCUT2D eigenvalue weighted by atomic mass is 14.9. The fourth-order valence-corrected chi connectivity index (χ4v) is 0.859. The zero-order chi connectivity index (χ0) is 6.91. The summed E-state index contributed by atoms with van der Waals surface area (Å²) in [6.45, 7) is 4.15. The lowest BCUT2D eigenvalue weighted by atomic mass is 10.0. The molecule has 1 aliphatic rings. The van der Waals surface area contributed by atoms with E-state index in [1.807, 2.05) is 18.4 Å². The van der Waals surface area contributed by atoms with Crippen molar-refractivity contribution in [1.82, 2.24) is 5.32 Å². The number of hydrogen-bond donors (Lipinski definition) is 2. The molecule has 2 heteroatoms. The van der Waals surface area contributed by atoms with Crippen molar-refractivity contribution in [2.75, 3.05) is 0 Å². The lowest BCUT2D eigenvalue weighted by Gasteiger charge is -2.24. The summed E-state index contributed by atoms with van der Waals surface area (Å²) in [6, 6.07) is 0. The molecule has 0 spiro atoms. The Kier molecular flexibility index (Phi) is 1.24. The fraction of sp³-hybridized carbons (Fsp3) is 0.429. The fourth-order valence-electron chi connectivity index (χ4n) is 0.859. The summed E-state index contributed by atoms with van der Waals surface area (Å²) in [5, 5.41) is 3.15. The average molecular weight is 124 g/mol. The molecular formula is C7H12N2. The molecule has 3 N–H and O–H groups in total. The third kappa shape index (κ3) is 1.49. The summed E-state index contributed by atoms with van der Waals surface area (Å²) in [7, 11) is 0. The molecule has 0 aromatic heterocycles. The standard InChI is InChI=1S/C7H12N2/c1-7(2)5-6(8)3-4-9-7/h3-5,9H,8H2,1-2H3. The first-order valence-electron chi connectivity index (χ1n) is 3.03. The molecule has 0 radical (unpaired) electrons. The zero-order valence-electron chi connectivity index (χ0n) is 5.81. The second-order valence-electron chi connectivity index (χ2n) is 2.84. The van der Waals surface area contributed by atoms with Gasteiger partial charge in [0, 0.05) is 5.70 Å². The first-order chi connectivity index (χ1) is 4.10. The summed E-state index contributed by atoms with van der Waals surface area (Å²) in [4.78, 5) is 0. The van der Waals surface area contributed by atoms with Crippen LogP contribution in [0.4, 0.5) is 0 Å². The van der Waals surface area contributed by atoms with Crippen molar-refractivity contribution >= 4 is 0 Å². The van der Waals surface area contributed by atoms with Crippen molar-refractivity contribution in [2.45, 2.75) is 19.4 Å². The van der Waals surface area contributed by atoms with Gasteiger partial charge >= 0.3 is 0 Å². The van der Waals surface area contributed by atoms with Crippen LogP contribution in [0.5, 0.6) is 0 Å². The molecule has 0 aromatic rings. The molecule has 50 valence electrons. The van der Waals surface area contributed by atoms with Crippen LogP contribution in [0.3, 0.4) is 0 Å². The average Bonchev–Trinajstić information content (AvgIpc) is 1.60. The van der Waals surface area contributed by atoms with Crippen molar-refractivity contribution < 1.29 is 0 Å². The van der Waals surface area contributed by atoms with Crippen LogP contribution >= 0.6 is 0 Å². The Bertz CT molecular complexity index is 166. The van der Waals surface area contributed by atoms with Gasteiger partial charge in [-0.25, -0.2) is 0 Å². The highest BCUT2D eigenvalue weighted by molar-refractivity contribution is 5.24. The van der Waals surface area contributed by atoms with E-state index in [2.05, 4.69) is 19.2 Å². The van der Waals surface area contributed by atoms with Gasteiger partial charge in [-0.05, 0) is 32.2 Å². The Morgan fingerprint density at radius 2 is 2.22 bits per heavy atom. The Hall–Kier alpha value is -0.920. The van der Waals surface area contributed by atoms with Gasteiger partial charge < -0.3 is 11.1 Å². The van der Waals surface area contributed by atoms with Gasteiger partial charge in [0.2, 0.25) is 0 Å². The van der Waals surface area contributed by atoms with E-state index >= 15 is 0 Å². The molecule has 0 saturated heterocycles. The van der Waals surface area contributed by atoms with Crippen molar-refractivity contribution in [3.05, 3.63) is 24.0 Å². The number of rotatable bonds is 0. The molecule has 1 heterocycles. The third-order valence-corrected chi connectivity index (χ3v) is 1.26. The molecule has 0 fully saturated rings. The van der Waals surface area contributed by atoms with E-state index in [1.54, 1.807) is 0 Å². The van der Waals surface area contributed by atoms with Crippen LogP contribution in [0.15, 0.2) is 24.0 Å². The summed E-state index contributed by atoms with van der Waals surface area (Å²) < 4.78 is 0. The van der Waals surface area contributed by atoms with Gasteiger partial charge in [-0.1, -0.05) is 0 Å². The zero-order valence-corrected chi connectivity index (χ0v) is 5.81. The minimum Gasteiger partial charge on any atom is -0.399 e. The lowest BCUT2D eigenvalue weighted by molar-refractivity contribution is 0.543. The Labute approximate surface area is 55.4 Å². The van der Waals surface area contributed by atoms with E-state index in [1.165, 1.54) is 0 Å². The molecule has 0 bridgehead atoms. The molecule has 2 nitrogen and oxygen atoms in total. The number of allylic oxidation sites excluding steroid dienone is 1. The van der Waals surface area contributed by atoms with Crippen LogP contribution in [-0.2, 0) is 0 Å². The van der Waals surface area contributed by atoms with Gasteiger partial charge in [0.15, 0.2) is 0 Å². The lowest BCUT2D eigenvalue weighted by Crippen LogP contribution is -2.36. The van der Waals surface area contributed by atoms with Gasteiger partial charge in [-0.3, -0.25) is 0 Å². The van der Waals surface area contributed by atoms with Crippen LogP contribution < -0.4 is 11.1 Å². The van der Waals surface area contributed by atoms with E-state index in [9.17, 15) is 0 Å². The summed E-state index contributed by atoms with van der Waals surface area (Å²) >= 11 is 0. The monoisotopic (exact) mass is 124 g/mol. The van der Waals surface area contributed by atoms with Crippen LogP contribution in [-0.4, -0.2) is 5.54 Å². The maximum atomic E-state index is 5.54. The molecule has 0 atom stereocenters. The maximum absolute atomic E-state index is 5.54. The molecular weight excluding hydrogens is 112 g/mol. The van der Waals surface area contributed by atoms with E-state index in [0.717, 1.165) is 5.70 Å². The molecule has 0 unspecified atom stereocenters. The summed E-state index contributed by atoms with van der Waals surface area (Å²) in [6.07, 6.45) is 5.72. The molecule has 1 aliphatic heterocycles. The van der Waals surface area contributed by atoms with Gasteiger partial charge in [0.25, 0.3) is 0 Å².